The minimum Gasteiger partial charge on any atom is -0.379 e. The smallest absolute Gasteiger partial charge is 0.339 e. The maximum absolute atomic E-state index is 12.5. The summed E-state index contributed by atoms with van der Waals surface area (Å²) in [6.45, 7) is 3.31. The second-order valence-corrected chi connectivity index (χ2v) is 11.3. The molecule has 4 aromatic rings. The third-order valence-corrected chi connectivity index (χ3v) is 7.83. The molecule has 0 saturated carbocycles. The van der Waals surface area contributed by atoms with Gasteiger partial charge in [0.05, 0.1) is 0 Å². The van der Waals surface area contributed by atoms with Gasteiger partial charge >= 0.3 is 26.3 Å². The van der Waals surface area contributed by atoms with Crippen molar-refractivity contribution in [3.8, 4) is 11.5 Å². The highest BCUT2D eigenvalue weighted by molar-refractivity contribution is 7.87. The molecule has 0 atom stereocenters. The molecule has 0 aliphatic heterocycles. The van der Waals surface area contributed by atoms with Crippen LogP contribution in [0.25, 0.3) is 0 Å². The summed E-state index contributed by atoms with van der Waals surface area (Å²) in [6.07, 6.45) is 0. The van der Waals surface area contributed by atoms with Gasteiger partial charge in [-0.3, -0.25) is 0 Å². The van der Waals surface area contributed by atoms with Crippen molar-refractivity contribution in [2.75, 3.05) is 10.6 Å². The van der Waals surface area contributed by atoms with Crippen LogP contribution in [0.1, 0.15) is 11.1 Å². The standard InChI is InChI=1S/C27H24N2O7S2/c1-19-17-21(13-15-25(19)35-37(31,32)23-9-5-3-6-10-23)28-27(30)29-22-14-16-26(20(2)18-22)36-38(33,34)24-11-7-4-8-12-24/h3-18H,1-2H3,(H2,28,29,30). The fourth-order valence-electron chi connectivity index (χ4n) is 3.44. The number of urea groups is 1. The van der Waals surface area contributed by atoms with Crippen molar-refractivity contribution < 1.29 is 30.0 Å². The Balaban J connectivity index is 1.39. The highest BCUT2D eigenvalue weighted by atomic mass is 32.2. The predicted octanol–water partition coefficient (Wildman–Crippen LogP) is 5.48. The van der Waals surface area contributed by atoms with Crippen LogP contribution in [0.15, 0.2) is 107 Å². The first kappa shape index (κ1) is 26.7. The molecule has 2 N–H and O–H groups in total. The number of amides is 2. The number of benzene rings is 4. The Bertz CT molecular complexity index is 1550. The lowest BCUT2D eigenvalue weighted by atomic mass is 10.2. The number of rotatable bonds is 8. The summed E-state index contributed by atoms with van der Waals surface area (Å²) >= 11 is 0. The van der Waals surface area contributed by atoms with Gasteiger partial charge in [-0.2, -0.15) is 16.8 Å². The summed E-state index contributed by atoms with van der Waals surface area (Å²) in [5.41, 5.74) is 1.82. The summed E-state index contributed by atoms with van der Waals surface area (Å²) in [7, 11) is -7.99. The van der Waals surface area contributed by atoms with E-state index in [4.69, 9.17) is 8.37 Å². The van der Waals surface area contributed by atoms with E-state index in [-0.39, 0.29) is 21.3 Å². The van der Waals surface area contributed by atoms with Gasteiger partial charge in [-0.05, 0) is 85.6 Å². The van der Waals surface area contributed by atoms with Crippen molar-refractivity contribution in [1.82, 2.24) is 0 Å². The van der Waals surface area contributed by atoms with E-state index in [0.717, 1.165) is 0 Å². The van der Waals surface area contributed by atoms with Gasteiger partial charge in [0.15, 0.2) is 0 Å². The number of carbonyl (C=O) groups excluding carboxylic acids is 1. The van der Waals surface area contributed by atoms with E-state index in [1.54, 1.807) is 62.4 Å². The van der Waals surface area contributed by atoms with E-state index < -0.39 is 26.3 Å². The molecule has 0 spiro atoms. The Morgan fingerprint density at radius 3 is 1.29 bits per heavy atom. The normalized spacial score (nSPS) is 11.4. The third kappa shape index (κ3) is 6.50. The minimum absolute atomic E-state index is 0.0327. The van der Waals surface area contributed by atoms with Crippen LogP contribution in [-0.4, -0.2) is 22.9 Å². The van der Waals surface area contributed by atoms with Crippen molar-refractivity contribution in [3.63, 3.8) is 0 Å². The molecule has 0 fully saturated rings. The van der Waals surface area contributed by atoms with E-state index in [1.807, 2.05) is 0 Å². The minimum atomic E-state index is -4.00. The highest BCUT2D eigenvalue weighted by Crippen LogP contribution is 2.27. The van der Waals surface area contributed by atoms with E-state index in [2.05, 4.69) is 10.6 Å². The van der Waals surface area contributed by atoms with Gasteiger partial charge in [0, 0.05) is 11.4 Å². The lowest BCUT2D eigenvalue weighted by molar-refractivity contribution is 0.262. The zero-order chi connectivity index (χ0) is 27.3. The van der Waals surface area contributed by atoms with Crippen LogP contribution in [0.3, 0.4) is 0 Å². The number of anilines is 2. The maximum Gasteiger partial charge on any atom is 0.339 e. The fraction of sp³-hybridized carbons (Fsp3) is 0.0741. The molecule has 38 heavy (non-hydrogen) atoms. The van der Waals surface area contributed by atoms with Crippen LogP contribution in [0.2, 0.25) is 0 Å². The van der Waals surface area contributed by atoms with Crippen LogP contribution >= 0.6 is 0 Å². The summed E-state index contributed by atoms with van der Waals surface area (Å²) in [4.78, 5) is 12.6. The molecular formula is C27H24N2O7S2. The Hall–Kier alpha value is -4.35. The SMILES string of the molecule is Cc1cc(NC(=O)Nc2ccc(OS(=O)(=O)c3ccccc3)c(C)c2)ccc1OS(=O)(=O)c1ccccc1. The lowest BCUT2D eigenvalue weighted by Gasteiger charge is -2.13. The molecule has 0 heterocycles. The first-order valence-electron chi connectivity index (χ1n) is 11.3. The van der Waals surface area contributed by atoms with Crippen LogP contribution in [-0.2, 0) is 20.2 Å². The summed E-state index contributed by atoms with van der Waals surface area (Å²) < 4.78 is 60.4. The van der Waals surface area contributed by atoms with E-state index in [1.165, 1.54) is 48.5 Å². The summed E-state index contributed by atoms with van der Waals surface area (Å²) in [5, 5.41) is 5.33. The lowest BCUT2D eigenvalue weighted by Crippen LogP contribution is -2.19. The monoisotopic (exact) mass is 552 g/mol. The molecule has 9 nitrogen and oxygen atoms in total. The Kier molecular flexibility index (Phi) is 7.70. The zero-order valence-corrected chi connectivity index (χ0v) is 22.0. The van der Waals surface area contributed by atoms with E-state index in [9.17, 15) is 21.6 Å². The maximum atomic E-state index is 12.5. The Labute approximate surface area is 221 Å². The van der Waals surface area contributed by atoms with Crippen LogP contribution in [0.4, 0.5) is 16.2 Å². The predicted molar refractivity (Wildman–Crippen MR) is 144 cm³/mol. The first-order chi connectivity index (χ1) is 18.0. The van der Waals surface area contributed by atoms with Gasteiger partial charge in [0.25, 0.3) is 0 Å². The van der Waals surface area contributed by atoms with Crippen LogP contribution < -0.4 is 19.0 Å². The molecule has 11 heteroatoms. The molecular weight excluding hydrogens is 528 g/mol. The quantitative estimate of drug-likeness (QED) is 0.277. The van der Waals surface area contributed by atoms with E-state index >= 15 is 0 Å². The molecule has 2 amide bonds. The molecule has 196 valence electrons. The average Bonchev–Trinajstić information content (AvgIpc) is 2.88. The highest BCUT2D eigenvalue weighted by Gasteiger charge is 2.19. The van der Waals surface area contributed by atoms with Gasteiger partial charge in [0.2, 0.25) is 0 Å². The number of hydrogen-bond donors (Lipinski definition) is 2. The number of carbonyl (C=O) groups is 1. The largest absolute Gasteiger partial charge is 0.379 e. The first-order valence-corrected chi connectivity index (χ1v) is 14.1. The van der Waals surface area contributed by atoms with Crippen molar-refractivity contribution in [1.29, 1.82) is 0 Å². The van der Waals surface area contributed by atoms with Gasteiger partial charge in [-0.15, -0.1) is 0 Å². The molecule has 0 bridgehead atoms. The molecule has 4 aromatic carbocycles. The van der Waals surface area contributed by atoms with Crippen LogP contribution in [0, 0.1) is 13.8 Å². The zero-order valence-electron chi connectivity index (χ0n) is 20.4. The van der Waals surface area contributed by atoms with Gasteiger partial charge in [-0.25, -0.2) is 4.79 Å². The van der Waals surface area contributed by atoms with Crippen LogP contribution in [0.5, 0.6) is 11.5 Å². The molecule has 0 radical (unpaired) electrons. The van der Waals surface area contributed by atoms with E-state index in [0.29, 0.717) is 22.5 Å². The van der Waals surface area contributed by atoms with Gasteiger partial charge in [0.1, 0.15) is 21.3 Å². The van der Waals surface area contributed by atoms with Crippen molar-refractivity contribution in [2.24, 2.45) is 0 Å². The second kappa shape index (κ2) is 11.0. The van der Waals surface area contributed by atoms with Crippen molar-refractivity contribution >= 4 is 37.6 Å². The summed E-state index contributed by atoms with van der Waals surface area (Å²) in [6, 6.07) is 24.1. The number of aryl methyl sites for hydroxylation is 2. The van der Waals surface area contributed by atoms with Gasteiger partial charge in [-0.1, -0.05) is 36.4 Å². The molecule has 0 aliphatic rings. The molecule has 4 rings (SSSR count). The van der Waals surface area contributed by atoms with Gasteiger partial charge < -0.3 is 19.0 Å². The Morgan fingerprint density at radius 1 is 0.579 bits per heavy atom. The fourth-order valence-corrected chi connectivity index (χ4v) is 5.46. The second-order valence-electron chi connectivity index (χ2n) is 8.24. The topological polar surface area (TPSA) is 128 Å². The third-order valence-electron chi connectivity index (χ3n) is 5.33. The average molecular weight is 553 g/mol. The molecule has 0 aromatic heterocycles. The molecule has 0 saturated heterocycles. The Morgan fingerprint density at radius 2 is 0.947 bits per heavy atom. The van der Waals surface area contributed by atoms with Crippen molar-refractivity contribution in [3.05, 3.63) is 108 Å². The van der Waals surface area contributed by atoms with Crippen molar-refractivity contribution in [2.45, 2.75) is 23.6 Å². The number of nitrogens with one attached hydrogen (secondary N) is 2. The molecule has 0 aliphatic carbocycles. The number of hydrogen-bond acceptors (Lipinski definition) is 7. The molecule has 0 unspecified atom stereocenters. The summed E-state index contributed by atoms with van der Waals surface area (Å²) in [5.74, 6) is 0.271.